The molecule has 0 fully saturated rings. The topological polar surface area (TPSA) is 84.9 Å². The molecule has 2 aromatic carbocycles. The number of sulfonamides is 1. The van der Waals surface area contributed by atoms with E-state index in [1.54, 1.807) is 12.1 Å². The summed E-state index contributed by atoms with van der Waals surface area (Å²) in [7, 11) is -3.60. The molecule has 28 heavy (non-hydrogen) atoms. The van der Waals surface area contributed by atoms with Gasteiger partial charge in [0.2, 0.25) is 10.0 Å². The molecule has 1 atom stereocenters. The number of nitrogens with one attached hydrogen (secondary N) is 1. The Bertz CT molecular complexity index is 980. The smallest absolute Gasteiger partial charge is 0.263 e. The van der Waals surface area contributed by atoms with Crippen molar-refractivity contribution in [2.45, 2.75) is 13.0 Å². The Hall–Kier alpha value is -2.45. The minimum absolute atomic E-state index is 0.128. The van der Waals surface area contributed by atoms with Crippen LogP contribution in [0.5, 0.6) is 11.5 Å². The molecule has 0 radical (unpaired) electrons. The van der Waals surface area contributed by atoms with Crippen molar-refractivity contribution in [1.82, 2.24) is 5.32 Å². The largest absolute Gasteiger partial charge is 0.492 e. The lowest BCUT2D eigenvalue weighted by Crippen LogP contribution is -2.51. The van der Waals surface area contributed by atoms with Crippen molar-refractivity contribution >= 4 is 33.2 Å². The van der Waals surface area contributed by atoms with Gasteiger partial charge in [-0.05, 0) is 42.8 Å². The summed E-state index contributed by atoms with van der Waals surface area (Å²) in [6, 6.07) is 12.2. The van der Waals surface area contributed by atoms with E-state index in [0.29, 0.717) is 10.7 Å². The number of carbonyl (C=O) groups excluding carboxylic acids is 1. The number of halogens is 1. The summed E-state index contributed by atoms with van der Waals surface area (Å²) in [5.74, 6) is 0.594. The molecule has 0 saturated heterocycles. The number of benzene rings is 2. The third-order valence-electron chi connectivity index (χ3n) is 4.14. The van der Waals surface area contributed by atoms with Crippen molar-refractivity contribution in [1.29, 1.82) is 0 Å². The normalized spacial score (nSPS) is 16.1. The van der Waals surface area contributed by atoms with Crippen molar-refractivity contribution < 1.29 is 22.7 Å². The van der Waals surface area contributed by atoms with Gasteiger partial charge in [-0.1, -0.05) is 23.7 Å². The van der Waals surface area contributed by atoms with E-state index in [9.17, 15) is 13.2 Å². The van der Waals surface area contributed by atoms with Crippen molar-refractivity contribution in [3.63, 3.8) is 0 Å². The Morgan fingerprint density at radius 1 is 1.32 bits per heavy atom. The minimum Gasteiger partial charge on any atom is -0.492 e. The molecule has 9 heteroatoms. The summed E-state index contributed by atoms with van der Waals surface area (Å²) < 4.78 is 36.7. The van der Waals surface area contributed by atoms with Gasteiger partial charge < -0.3 is 14.8 Å². The highest BCUT2D eigenvalue weighted by Crippen LogP contribution is 2.37. The van der Waals surface area contributed by atoms with E-state index in [1.165, 1.54) is 6.07 Å². The molecule has 0 aromatic heterocycles. The number of carbonyl (C=O) groups is 1. The fourth-order valence-electron chi connectivity index (χ4n) is 2.84. The monoisotopic (exact) mass is 424 g/mol. The zero-order chi connectivity index (χ0) is 20.3. The number of fused-ring (bicyclic) bond motifs is 1. The quantitative estimate of drug-likeness (QED) is 0.719. The Morgan fingerprint density at radius 3 is 2.82 bits per heavy atom. The van der Waals surface area contributed by atoms with Crippen LogP contribution in [-0.4, -0.2) is 46.4 Å². The second-order valence-corrected chi connectivity index (χ2v) is 8.81. The number of nitrogens with zero attached hydrogens (tertiary/aromatic N) is 1. The van der Waals surface area contributed by atoms with Gasteiger partial charge in [-0.3, -0.25) is 9.10 Å². The number of hydrogen-bond donors (Lipinski definition) is 1. The molecule has 0 aliphatic carbocycles. The van der Waals surface area contributed by atoms with Crippen LogP contribution in [0, 0.1) is 6.92 Å². The fraction of sp³-hybridized carbons (Fsp3) is 0.316. The molecule has 1 N–H and O–H groups in total. The van der Waals surface area contributed by atoms with Gasteiger partial charge in [0.05, 0.1) is 25.0 Å². The maximum Gasteiger partial charge on any atom is 0.263 e. The molecule has 150 valence electrons. The third-order valence-corrected chi connectivity index (χ3v) is 5.52. The molecule has 0 unspecified atom stereocenters. The average Bonchev–Trinajstić information content (AvgIpc) is 2.63. The number of rotatable bonds is 6. The van der Waals surface area contributed by atoms with E-state index in [0.717, 1.165) is 21.9 Å². The Kier molecular flexibility index (Phi) is 6.00. The van der Waals surface area contributed by atoms with E-state index in [4.69, 9.17) is 21.1 Å². The summed E-state index contributed by atoms with van der Waals surface area (Å²) in [6.45, 7) is 2.38. The van der Waals surface area contributed by atoms with E-state index in [1.807, 2.05) is 31.2 Å². The highest BCUT2D eigenvalue weighted by Gasteiger charge is 2.35. The molecule has 0 saturated carbocycles. The predicted molar refractivity (Wildman–Crippen MR) is 108 cm³/mol. The fourth-order valence-corrected chi connectivity index (χ4v) is 3.91. The van der Waals surface area contributed by atoms with Crippen molar-refractivity contribution in [3.05, 3.63) is 53.1 Å². The Labute approximate surface area is 169 Å². The average molecular weight is 425 g/mol. The second kappa shape index (κ2) is 8.28. The van der Waals surface area contributed by atoms with E-state index >= 15 is 0 Å². The first-order valence-corrected chi connectivity index (χ1v) is 10.9. The van der Waals surface area contributed by atoms with E-state index in [-0.39, 0.29) is 25.4 Å². The van der Waals surface area contributed by atoms with Crippen molar-refractivity contribution in [2.24, 2.45) is 0 Å². The lowest BCUT2D eigenvalue weighted by Gasteiger charge is -2.34. The van der Waals surface area contributed by atoms with Crippen LogP contribution in [0.25, 0.3) is 0 Å². The molecule has 3 rings (SSSR count). The molecule has 2 aromatic rings. The number of amides is 1. The SMILES string of the molecule is Cc1cccc(OCCNC(=O)[C@@H]2CN(S(C)(=O)=O)c3cc(Cl)ccc3O2)c1. The Balaban J connectivity index is 1.62. The van der Waals surface area contributed by atoms with Gasteiger partial charge in [-0.2, -0.15) is 0 Å². The van der Waals surface area contributed by atoms with E-state index in [2.05, 4.69) is 5.32 Å². The maximum atomic E-state index is 12.5. The molecule has 7 nitrogen and oxygen atoms in total. The maximum absolute atomic E-state index is 12.5. The van der Waals surface area contributed by atoms with Crippen LogP contribution < -0.4 is 19.1 Å². The van der Waals surface area contributed by atoms with Crippen LogP contribution in [0.4, 0.5) is 5.69 Å². The van der Waals surface area contributed by atoms with Gasteiger partial charge in [-0.25, -0.2) is 8.42 Å². The highest BCUT2D eigenvalue weighted by molar-refractivity contribution is 7.92. The van der Waals surface area contributed by atoms with Gasteiger partial charge in [0, 0.05) is 5.02 Å². The van der Waals surface area contributed by atoms with Crippen molar-refractivity contribution in [2.75, 3.05) is 30.3 Å². The van der Waals surface area contributed by atoms with Crippen LogP contribution in [0.2, 0.25) is 5.02 Å². The molecule has 1 heterocycles. The Morgan fingerprint density at radius 2 is 2.11 bits per heavy atom. The zero-order valence-electron chi connectivity index (χ0n) is 15.5. The number of ether oxygens (including phenoxy) is 2. The van der Waals surface area contributed by atoms with Crippen molar-refractivity contribution in [3.8, 4) is 11.5 Å². The first-order valence-electron chi connectivity index (χ1n) is 8.65. The van der Waals surface area contributed by atoms with Crippen LogP contribution in [0.15, 0.2) is 42.5 Å². The van der Waals surface area contributed by atoms with Gasteiger partial charge in [0.25, 0.3) is 5.91 Å². The lowest BCUT2D eigenvalue weighted by atomic mass is 10.2. The summed E-state index contributed by atoms with van der Waals surface area (Å²) >= 11 is 5.97. The predicted octanol–water partition coefficient (Wildman–Crippen LogP) is 2.37. The minimum atomic E-state index is -3.60. The summed E-state index contributed by atoms with van der Waals surface area (Å²) in [4.78, 5) is 12.5. The number of aryl methyl sites for hydroxylation is 1. The highest BCUT2D eigenvalue weighted by atomic mass is 35.5. The van der Waals surface area contributed by atoms with Gasteiger partial charge in [0.1, 0.15) is 18.1 Å². The molecule has 0 bridgehead atoms. The molecule has 1 aliphatic rings. The first-order chi connectivity index (χ1) is 13.2. The molecule has 1 aliphatic heterocycles. The van der Waals surface area contributed by atoms with Crippen LogP contribution in [-0.2, 0) is 14.8 Å². The number of anilines is 1. The lowest BCUT2D eigenvalue weighted by molar-refractivity contribution is -0.127. The summed E-state index contributed by atoms with van der Waals surface area (Å²) in [5.41, 5.74) is 1.40. The first kappa shape index (κ1) is 20.3. The molecular formula is C19H21ClN2O5S. The molecule has 1 amide bonds. The van der Waals surface area contributed by atoms with E-state index < -0.39 is 22.0 Å². The van der Waals surface area contributed by atoms with Gasteiger partial charge >= 0.3 is 0 Å². The standard InChI is InChI=1S/C19H21ClN2O5S/c1-13-4-3-5-15(10-13)26-9-8-21-19(23)18-12-22(28(2,24)25)16-11-14(20)6-7-17(16)27-18/h3-7,10-11,18H,8-9,12H2,1-2H3,(H,21,23)/t18-/m0/s1. The molecule has 0 spiro atoms. The molecular weight excluding hydrogens is 404 g/mol. The number of hydrogen-bond acceptors (Lipinski definition) is 5. The van der Waals surface area contributed by atoms with Crippen LogP contribution in [0.3, 0.4) is 0 Å². The second-order valence-electron chi connectivity index (χ2n) is 6.47. The van der Waals surface area contributed by atoms with Crippen LogP contribution >= 0.6 is 11.6 Å². The summed E-state index contributed by atoms with van der Waals surface area (Å²) in [5, 5.41) is 3.10. The van der Waals surface area contributed by atoms with Gasteiger partial charge in [0.15, 0.2) is 6.10 Å². The van der Waals surface area contributed by atoms with Gasteiger partial charge in [-0.15, -0.1) is 0 Å². The van der Waals surface area contributed by atoms with Crippen LogP contribution in [0.1, 0.15) is 5.56 Å². The third kappa shape index (κ3) is 4.88. The summed E-state index contributed by atoms with van der Waals surface area (Å²) in [6.07, 6.45) is 0.107. The zero-order valence-corrected chi connectivity index (χ0v) is 17.1.